The molecule has 0 aliphatic carbocycles. The van der Waals surface area contributed by atoms with Crippen molar-refractivity contribution < 1.29 is 8.42 Å². The Bertz CT molecular complexity index is 919. The van der Waals surface area contributed by atoms with Crippen LogP contribution in [0.3, 0.4) is 0 Å². The Labute approximate surface area is 124 Å². The van der Waals surface area contributed by atoms with Crippen LogP contribution >= 0.6 is 0 Å². The number of hydrogen-bond acceptors (Lipinski definition) is 2. The second kappa shape index (κ2) is 4.74. The SMILES string of the molecule is Cc1ccc(S(=O)(=O)n2c(C)cc3cc(C)ccc32)cc1. The molecule has 0 fully saturated rings. The molecule has 3 nitrogen and oxygen atoms in total. The lowest BCUT2D eigenvalue weighted by Crippen LogP contribution is -2.14. The molecule has 3 aromatic rings. The van der Waals surface area contributed by atoms with E-state index in [-0.39, 0.29) is 0 Å². The van der Waals surface area contributed by atoms with E-state index in [1.54, 1.807) is 12.1 Å². The first-order chi connectivity index (χ1) is 9.89. The van der Waals surface area contributed by atoms with E-state index in [1.165, 1.54) is 3.97 Å². The first kappa shape index (κ1) is 13.9. The molecular weight excluding hydrogens is 282 g/mol. The summed E-state index contributed by atoms with van der Waals surface area (Å²) >= 11 is 0. The van der Waals surface area contributed by atoms with E-state index in [0.29, 0.717) is 4.90 Å². The topological polar surface area (TPSA) is 39.1 Å². The van der Waals surface area contributed by atoms with Crippen molar-refractivity contribution in [3.63, 3.8) is 0 Å². The molecule has 108 valence electrons. The fourth-order valence-corrected chi connectivity index (χ4v) is 4.13. The molecule has 4 heteroatoms. The average Bonchev–Trinajstić information content (AvgIpc) is 2.74. The van der Waals surface area contributed by atoms with Gasteiger partial charge in [0.1, 0.15) is 0 Å². The lowest BCUT2D eigenvalue weighted by Gasteiger charge is -2.10. The van der Waals surface area contributed by atoms with Crippen LogP contribution in [0.5, 0.6) is 0 Å². The Kier molecular flexibility index (Phi) is 3.14. The number of aromatic nitrogens is 1. The van der Waals surface area contributed by atoms with Crippen molar-refractivity contribution >= 4 is 20.9 Å². The minimum absolute atomic E-state index is 0.314. The Morgan fingerprint density at radius 2 is 1.43 bits per heavy atom. The highest BCUT2D eigenvalue weighted by Gasteiger charge is 2.21. The highest BCUT2D eigenvalue weighted by atomic mass is 32.2. The number of rotatable bonds is 2. The molecule has 3 rings (SSSR count). The molecule has 0 unspecified atom stereocenters. The van der Waals surface area contributed by atoms with Gasteiger partial charge in [-0.2, -0.15) is 0 Å². The maximum Gasteiger partial charge on any atom is 0.268 e. The summed E-state index contributed by atoms with van der Waals surface area (Å²) < 4.78 is 27.2. The zero-order valence-corrected chi connectivity index (χ0v) is 13.1. The molecule has 1 aromatic heterocycles. The second-order valence-electron chi connectivity index (χ2n) is 5.43. The molecule has 0 atom stereocenters. The molecule has 0 aliphatic rings. The van der Waals surface area contributed by atoms with E-state index in [1.807, 2.05) is 57.2 Å². The summed E-state index contributed by atoms with van der Waals surface area (Å²) in [4.78, 5) is 0.314. The van der Waals surface area contributed by atoms with E-state index in [0.717, 1.165) is 27.7 Å². The van der Waals surface area contributed by atoms with E-state index >= 15 is 0 Å². The number of nitrogens with zero attached hydrogens (tertiary/aromatic N) is 1. The zero-order chi connectivity index (χ0) is 15.2. The van der Waals surface area contributed by atoms with Gasteiger partial charge in [0.05, 0.1) is 10.4 Å². The first-order valence-corrected chi connectivity index (χ1v) is 8.24. The number of fused-ring (bicyclic) bond motifs is 1. The Morgan fingerprint density at radius 3 is 2.10 bits per heavy atom. The van der Waals surface area contributed by atoms with E-state index in [2.05, 4.69) is 0 Å². The summed E-state index contributed by atoms with van der Waals surface area (Å²) in [7, 11) is -3.57. The van der Waals surface area contributed by atoms with Gasteiger partial charge < -0.3 is 0 Å². The van der Waals surface area contributed by atoms with Gasteiger partial charge in [-0.15, -0.1) is 0 Å². The van der Waals surface area contributed by atoms with Crippen molar-refractivity contribution in [3.05, 3.63) is 65.4 Å². The van der Waals surface area contributed by atoms with Crippen LogP contribution in [0.1, 0.15) is 16.8 Å². The van der Waals surface area contributed by atoms with Gasteiger partial charge in [-0.3, -0.25) is 0 Å². The summed E-state index contributed by atoms with van der Waals surface area (Å²) in [5, 5.41) is 0.947. The third kappa shape index (κ3) is 2.25. The molecule has 0 saturated heterocycles. The molecule has 0 radical (unpaired) electrons. The summed E-state index contributed by atoms with van der Waals surface area (Å²) in [5.74, 6) is 0. The minimum atomic E-state index is -3.57. The lowest BCUT2D eigenvalue weighted by atomic mass is 10.2. The third-order valence-corrected chi connectivity index (χ3v) is 5.48. The number of hydrogen-bond donors (Lipinski definition) is 0. The molecule has 0 saturated carbocycles. The highest BCUT2D eigenvalue weighted by Crippen LogP contribution is 2.26. The largest absolute Gasteiger partial charge is 0.268 e. The Balaban J connectivity index is 2.28. The van der Waals surface area contributed by atoms with Crippen LogP contribution in [0.4, 0.5) is 0 Å². The Morgan fingerprint density at radius 1 is 0.810 bits per heavy atom. The van der Waals surface area contributed by atoms with Crippen LogP contribution in [0.15, 0.2) is 53.4 Å². The summed E-state index contributed by atoms with van der Waals surface area (Å²) in [5.41, 5.74) is 3.60. The van der Waals surface area contributed by atoms with Crippen LogP contribution in [-0.2, 0) is 10.0 Å². The van der Waals surface area contributed by atoms with Gasteiger partial charge in [-0.05, 0) is 51.1 Å². The molecule has 21 heavy (non-hydrogen) atoms. The Hall–Kier alpha value is -2.07. The molecule has 2 aromatic carbocycles. The van der Waals surface area contributed by atoms with Crippen molar-refractivity contribution in [3.8, 4) is 0 Å². The molecule has 0 spiro atoms. The van der Waals surface area contributed by atoms with Crippen molar-refractivity contribution in [2.24, 2.45) is 0 Å². The standard InChI is InChI=1S/C17H17NO2S/c1-12-4-7-16(8-5-12)21(19,20)18-14(3)11-15-10-13(2)6-9-17(15)18/h4-11H,1-3H3. The van der Waals surface area contributed by atoms with Gasteiger partial charge in [0, 0.05) is 11.1 Å². The lowest BCUT2D eigenvalue weighted by molar-refractivity contribution is 0.588. The van der Waals surface area contributed by atoms with E-state index in [4.69, 9.17) is 0 Å². The van der Waals surface area contributed by atoms with Crippen molar-refractivity contribution in [2.45, 2.75) is 25.7 Å². The number of benzene rings is 2. The van der Waals surface area contributed by atoms with Crippen molar-refractivity contribution in [1.29, 1.82) is 0 Å². The second-order valence-corrected chi connectivity index (χ2v) is 7.22. The monoisotopic (exact) mass is 299 g/mol. The van der Waals surface area contributed by atoms with Gasteiger partial charge in [-0.1, -0.05) is 29.3 Å². The molecule has 0 bridgehead atoms. The predicted octanol–water partition coefficient (Wildman–Crippen LogP) is 3.80. The maximum atomic E-state index is 12.9. The van der Waals surface area contributed by atoms with Crippen LogP contribution in [0, 0.1) is 20.8 Å². The third-order valence-electron chi connectivity index (χ3n) is 3.65. The summed E-state index contributed by atoms with van der Waals surface area (Å²) in [6.45, 7) is 5.76. The predicted molar refractivity (Wildman–Crippen MR) is 85.2 cm³/mol. The van der Waals surface area contributed by atoms with Gasteiger partial charge in [0.25, 0.3) is 10.0 Å². The molecule has 0 N–H and O–H groups in total. The van der Waals surface area contributed by atoms with Crippen molar-refractivity contribution in [1.82, 2.24) is 3.97 Å². The van der Waals surface area contributed by atoms with E-state index < -0.39 is 10.0 Å². The normalized spacial score (nSPS) is 12.0. The van der Waals surface area contributed by atoms with Crippen LogP contribution < -0.4 is 0 Å². The zero-order valence-electron chi connectivity index (χ0n) is 12.3. The quantitative estimate of drug-likeness (QED) is 0.722. The first-order valence-electron chi connectivity index (χ1n) is 6.80. The fourth-order valence-electron chi connectivity index (χ4n) is 2.58. The molecule has 0 aliphatic heterocycles. The molecule has 1 heterocycles. The smallest absolute Gasteiger partial charge is 0.238 e. The van der Waals surface area contributed by atoms with Crippen LogP contribution in [0.25, 0.3) is 10.9 Å². The summed E-state index contributed by atoms with van der Waals surface area (Å²) in [6.07, 6.45) is 0. The average molecular weight is 299 g/mol. The maximum absolute atomic E-state index is 12.9. The van der Waals surface area contributed by atoms with Gasteiger partial charge in [0.15, 0.2) is 0 Å². The summed E-state index contributed by atoms with van der Waals surface area (Å²) in [6, 6.07) is 14.7. The number of aryl methyl sites for hydroxylation is 3. The van der Waals surface area contributed by atoms with Crippen LogP contribution in [0.2, 0.25) is 0 Å². The minimum Gasteiger partial charge on any atom is -0.238 e. The molecule has 0 amide bonds. The van der Waals surface area contributed by atoms with Crippen LogP contribution in [-0.4, -0.2) is 12.4 Å². The van der Waals surface area contributed by atoms with Gasteiger partial charge in [-0.25, -0.2) is 12.4 Å². The van der Waals surface area contributed by atoms with E-state index in [9.17, 15) is 8.42 Å². The molecular formula is C17H17NO2S. The van der Waals surface area contributed by atoms with Crippen molar-refractivity contribution in [2.75, 3.05) is 0 Å². The fraction of sp³-hybridized carbons (Fsp3) is 0.176. The van der Waals surface area contributed by atoms with Gasteiger partial charge in [0.2, 0.25) is 0 Å². The van der Waals surface area contributed by atoms with Gasteiger partial charge >= 0.3 is 0 Å². The highest BCUT2D eigenvalue weighted by molar-refractivity contribution is 7.90.